The van der Waals surface area contributed by atoms with Gasteiger partial charge in [0.05, 0.1) is 11.1 Å². The van der Waals surface area contributed by atoms with Gasteiger partial charge in [0.25, 0.3) is 5.91 Å². The second-order valence-corrected chi connectivity index (χ2v) is 6.04. The summed E-state index contributed by atoms with van der Waals surface area (Å²) in [6, 6.07) is 10.7. The molecule has 1 aromatic heterocycles. The zero-order valence-corrected chi connectivity index (χ0v) is 14.8. The molecule has 0 aliphatic carbocycles. The van der Waals surface area contributed by atoms with Gasteiger partial charge in [-0.3, -0.25) is 4.79 Å². The SMILES string of the molecule is O=C(NOc1cccc(C(F)(F)F)c1-c1ccc(F)cc1)c1ccc[nH]c1=S. The number of aromatic nitrogens is 1. The van der Waals surface area contributed by atoms with E-state index in [1.165, 1.54) is 30.5 Å². The van der Waals surface area contributed by atoms with Crippen LogP contribution in [0.25, 0.3) is 11.1 Å². The van der Waals surface area contributed by atoms with Crippen LogP contribution in [-0.2, 0) is 6.18 Å². The molecule has 4 nitrogen and oxygen atoms in total. The average Bonchev–Trinajstić information content (AvgIpc) is 2.66. The van der Waals surface area contributed by atoms with Crippen LogP contribution in [0.2, 0.25) is 0 Å². The highest BCUT2D eigenvalue weighted by Crippen LogP contribution is 2.42. The maximum atomic E-state index is 13.5. The quantitative estimate of drug-likeness (QED) is 0.350. The zero-order chi connectivity index (χ0) is 20.3. The maximum absolute atomic E-state index is 13.5. The van der Waals surface area contributed by atoms with Crippen molar-refractivity contribution in [3.05, 3.63) is 82.4 Å². The molecule has 2 N–H and O–H groups in total. The van der Waals surface area contributed by atoms with Crippen LogP contribution in [-0.4, -0.2) is 10.9 Å². The summed E-state index contributed by atoms with van der Waals surface area (Å²) in [7, 11) is 0. The molecular weight excluding hydrogens is 396 g/mol. The van der Waals surface area contributed by atoms with Gasteiger partial charge in [-0.15, -0.1) is 0 Å². The number of hydrogen-bond acceptors (Lipinski definition) is 3. The summed E-state index contributed by atoms with van der Waals surface area (Å²) < 4.78 is 53.8. The van der Waals surface area contributed by atoms with Gasteiger partial charge in [0.1, 0.15) is 10.5 Å². The van der Waals surface area contributed by atoms with Crippen molar-refractivity contribution >= 4 is 18.1 Å². The second kappa shape index (κ2) is 7.81. The first-order chi connectivity index (χ1) is 13.3. The summed E-state index contributed by atoms with van der Waals surface area (Å²) in [5.74, 6) is -1.58. The molecule has 144 valence electrons. The molecule has 3 rings (SSSR count). The molecule has 0 radical (unpaired) electrons. The first-order valence-corrected chi connectivity index (χ1v) is 8.29. The normalized spacial score (nSPS) is 11.1. The number of carbonyl (C=O) groups is 1. The Kier molecular flexibility index (Phi) is 5.46. The van der Waals surface area contributed by atoms with Gasteiger partial charge in [-0.25, -0.2) is 4.39 Å². The summed E-state index contributed by atoms with van der Waals surface area (Å²) in [6.07, 6.45) is -3.16. The topological polar surface area (TPSA) is 54.1 Å². The van der Waals surface area contributed by atoms with Crippen molar-refractivity contribution in [1.29, 1.82) is 0 Å². The summed E-state index contributed by atoms with van der Waals surface area (Å²) >= 11 is 4.99. The van der Waals surface area contributed by atoms with E-state index in [1.807, 2.05) is 0 Å². The first kappa shape index (κ1) is 19.6. The number of pyridine rings is 1. The van der Waals surface area contributed by atoms with Crippen LogP contribution in [0.15, 0.2) is 60.8 Å². The highest BCUT2D eigenvalue weighted by Gasteiger charge is 2.35. The average molecular weight is 408 g/mol. The lowest BCUT2D eigenvalue weighted by molar-refractivity contribution is -0.137. The molecular formula is C19H12F4N2O2S. The van der Waals surface area contributed by atoms with E-state index in [2.05, 4.69) is 10.5 Å². The molecule has 0 aliphatic rings. The van der Waals surface area contributed by atoms with Gasteiger partial charge in [-0.2, -0.15) is 18.7 Å². The third-order valence-corrected chi connectivity index (χ3v) is 4.12. The molecule has 0 saturated heterocycles. The van der Waals surface area contributed by atoms with E-state index >= 15 is 0 Å². The summed E-state index contributed by atoms with van der Waals surface area (Å²) in [5.41, 5.74) is 0.950. The van der Waals surface area contributed by atoms with Crippen LogP contribution >= 0.6 is 12.2 Å². The number of carbonyl (C=O) groups excluding carboxylic acids is 1. The van der Waals surface area contributed by atoms with Gasteiger partial charge < -0.3 is 9.82 Å². The van der Waals surface area contributed by atoms with Crippen molar-refractivity contribution in [3.8, 4) is 16.9 Å². The van der Waals surface area contributed by atoms with Crippen LogP contribution in [0.1, 0.15) is 15.9 Å². The van der Waals surface area contributed by atoms with E-state index in [9.17, 15) is 22.4 Å². The summed E-state index contributed by atoms with van der Waals surface area (Å²) in [5, 5.41) is 0. The third-order valence-electron chi connectivity index (χ3n) is 3.78. The van der Waals surface area contributed by atoms with E-state index in [4.69, 9.17) is 17.1 Å². The number of amides is 1. The number of alkyl halides is 3. The molecule has 28 heavy (non-hydrogen) atoms. The smallest absolute Gasteiger partial charge is 0.379 e. The van der Waals surface area contributed by atoms with Crippen LogP contribution in [0.4, 0.5) is 17.6 Å². The molecule has 0 atom stereocenters. The van der Waals surface area contributed by atoms with E-state index in [1.54, 1.807) is 6.07 Å². The standard InChI is InChI=1S/C19H12F4N2O2S/c20-12-8-6-11(7-9-12)16-14(19(21,22)23)4-1-5-15(16)27-25-17(26)13-3-2-10-24-18(13)28/h1-10H,(H,24,28)(H,25,26). The monoisotopic (exact) mass is 408 g/mol. The second-order valence-electron chi connectivity index (χ2n) is 5.63. The fourth-order valence-electron chi connectivity index (χ4n) is 2.52. The Morgan fingerprint density at radius 2 is 1.75 bits per heavy atom. The van der Waals surface area contributed by atoms with Gasteiger partial charge in [-0.05, 0) is 42.0 Å². The van der Waals surface area contributed by atoms with E-state index in [-0.39, 0.29) is 27.1 Å². The van der Waals surface area contributed by atoms with Crippen molar-refractivity contribution in [2.24, 2.45) is 0 Å². The molecule has 1 amide bonds. The Labute approximate surface area is 161 Å². The number of hydroxylamine groups is 1. The Morgan fingerprint density at radius 1 is 1.04 bits per heavy atom. The first-order valence-electron chi connectivity index (χ1n) is 7.88. The largest absolute Gasteiger partial charge is 0.417 e. The number of nitrogens with one attached hydrogen (secondary N) is 2. The van der Waals surface area contributed by atoms with Crippen molar-refractivity contribution in [3.63, 3.8) is 0 Å². The fourth-order valence-corrected chi connectivity index (χ4v) is 2.75. The van der Waals surface area contributed by atoms with E-state index in [0.29, 0.717) is 0 Å². The van der Waals surface area contributed by atoms with Crippen molar-refractivity contribution in [1.82, 2.24) is 10.5 Å². The van der Waals surface area contributed by atoms with Gasteiger partial charge in [-0.1, -0.05) is 30.4 Å². The van der Waals surface area contributed by atoms with Gasteiger partial charge >= 0.3 is 6.18 Å². The number of aromatic amines is 1. The number of rotatable bonds is 4. The fraction of sp³-hybridized carbons (Fsp3) is 0.0526. The lowest BCUT2D eigenvalue weighted by Crippen LogP contribution is -2.28. The molecule has 0 fully saturated rings. The maximum Gasteiger partial charge on any atom is 0.417 e. The minimum Gasteiger partial charge on any atom is -0.379 e. The molecule has 0 saturated carbocycles. The molecule has 3 aromatic rings. The van der Waals surface area contributed by atoms with E-state index in [0.717, 1.165) is 24.3 Å². The minimum absolute atomic E-state index is 0.0792. The highest BCUT2D eigenvalue weighted by atomic mass is 32.1. The number of halogens is 4. The summed E-state index contributed by atoms with van der Waals surface area (Å²) in [6.45, 7) is 0. The molecule has 0 aliphatic heterocycles. The lowest BCUT2D eigenvalue weighted by Gasteiger charge is -2.17. The molecule has 1 heterocycles. The highest BCUT2D eigenvalue weighted by molar-refractivity contribution is 7.71. The molecule has 0 unspecified atom stereocenters. The number of H-pyrrole nitrogens is 1. The number of benzene rings is 2. The third kappa shape index (κ3) is 4.20. The Morgan fingerprint density at radius 3 is 2.39 bits per heavy atom. The van der Waals surface area contributed by atoms with Crippen molar-refractivity contribution in [2.45, 2.75) is 6.18 Å². The van der Waals surface area contributed by atoms with Crippen LogP contribution in [0, 0.1) is 10.5 Å². The Balaban J connectivity index is 1.99. The van der Waals surface area contributed by atoms with Crippen LogP contribution < -0.4 is 10.3 Å². The molecule has 9 heteroatoms. The predicted molar refractivity (Wildman–Crippen MR) is 96.6 cm³/mol. The summed E-state index contributed by atoms with van der Waals surface area (Å²) in [4.78, 5) is 20.1. The van der Waals surface area contributed by atoms with Crippen LogP contribution in [0.5, 0.6) is 5.75 Å². The lowest BCUT2D eigenvalue weighted by atomic mass is 9.98. The molecule has 2 aromatic carbocycles. The van der Waals surface area contributed by atoms with Gasteiger partial charge in [0.2, 0.25) is 0 Å². The molecule has 0 bridgehead atoms. The Hall–Kier alpha value is -3.20. The molecule has 0 spiro atoms. The predicted octanol–water partition coefficient (Wildman–Crippen LogP) is 5.29. The van der Waals surface area contributed by atoms with Crippen molar-refractivity contribution < 1.29 is 27.2 Å². The van der Waals surface area contributed by atoms with Gasteiger partial charge in [0.15, 0.2) is 5.75 Å². The minimum atomic E-state index is -4.69. The van der Waals surface area contributed by atoms with Crippen LogP contribution in [0.3, 0.4) is 0 Å². The van der Waals surface area contributed by atoms with E-state index < -0.39 is 23.5 Å². The zero-order valence-electron chi connectivity index (χ0n) is 14.0. The van der Waals surface area contributed by atoms with Crippen molar-refractivity contribution in [2.75, 3.05) is 0 Å². The Bertz CT molecular complexity index is 1060. The number of hydrogen-bond donors (Lipinski definition) is 2. The van der Waals surface area contributed by atoms with Gasteiger partial charge in [0, 0.05) is 11.8 Å².